The molecule has 2 heterocycles. The number of rotatable bonds is 5. The largest absolute Gasteiger partial charge is 0.503 e. The van der Waals surface area contributed by atoms with E-state index in [0.717, 1.165) is 27.3 Å². The van der Waals surface area contributed by atoms with Gasteiger partial charge >= 0.3 is 0 Å². The van der Waals surface area contributed by atoms with E-state index in [1.807, 2.05) is 92.7 Å². The Hall–Kier alpha value is -4.03. The molecule has 0 radical (unpaired) electrons. The molecule has 0 spiro atoms. The van der Waals surface area contributed by atoms with Crippen molar-refractivity contribution in [2.75, 3.05) is 4.90 Å². The first-order valence-electron chi connectivity index (χ1n) is 11.3. The summed E-state index contributed by atoms with van der Waals surface area (Å²) in [5.41, 5.74) is 4.89. The third kappa shape index (κ3) is 3.96. The standard InChI is InChI=1S/C29H24N2O3S/c1-17-10-9-14-21(16-17)31-24(22-15-8-7-11-18(22)2)23(26(33)29(31)34)25(32)27-19(3)30-28(35-27)20-12-5-4-6-13-20/h4-16,24,33H,1-3H3. The maximum atomic E-state index is 14.0. The molecule has 35 heavy (non-hydrogen) atoms. The lowest BCUT2D eigenvalue weighted by Gasteiger charge is -2.28. The van der Waals surface area contributed by atoms with Crippen molar-refractivity contribution in [2.45, 2.75) is 26.8 Å². The van der Waals surface area contributed by atoms with Gasteiger partial charge in [0.05, 0.1) is 22.2 Å². The van der Waals surface area contributed by atoms with Crippen molar-refractivity contribution < 1.29 is 14.7 Å². The van der Waals surface area contributed by atoms with Gasteiger partial charge in [-0.3, -0.25) is 14.5 Å². The van der Waals surface area contributed by atoms with Crippen LogP contribution in [-0.4, -0.2) is 21.8 Å². The van der Waals surface area contributed by atoms with E-state index in [1.54, 1.807) is 6.92 Å². The van der Waals surface area contributed by atoms with Crippen LogP contribution in [0.1, 0.15) is 38.1 Å². The molecule has 0 fully saturated rings. The van der Waals surface area contributed by atoms with E-state index in [2.05, 4.69) is 4.98 Å². The predicted molar refractivity (Wildman–Crippen MR) is 139 cm³/mol. The molecule has 1 atom stereocenters. The van der Waals surface area contributed by atoms with Crippen LogP contribution in [0.4, 0.5) is 5.69 Å². The first-order chi connectivity index (χ1) is 16.9. The fraction of sp³-hybridized carbons (Fsp3) is 0.138. The van der Waals surface area contributed by atoms with Crippen molar-refractivity contribution in [1.82, 2.24) is 4.98 Å². The number of carbonyl (C=O) groups excluding carboxylic acids is 2. The Labute approximate surface area is 208 Å². The molecule has 1 aliphatic heterocycles. The van der Waals surface area contributed by atoms with E-state index >= 15 is 0 Å². The van der Waals surface area contributed by atoms with Crippen LogP contribution in [0.5, 0.6) is 0 Å². The molecule has 174 valence electrons. The van der Waals surface area contributed by atoms with Gasteiger partial charge in [0.25, 0.3) is 5.91 Å². The highest BCUT2D eigenvalue weighted by Gasteiger charge is 2.45. The van der Waals surface area contributed by atoms with Crippen molar-refractivity contribution in [1.29, 1.82) is 0 Å². The molecule has 6 heteroatoms. The topological polar surface area (TPSA) is 70.5 Å². The Bertz CT molecular complexity index is 1490. The van der Waals surface area contributed by atoms with E-state index in [9.17, 15) is 14.7 Å². The van der Waals surface area contributed by atoms with Gasteiger partial charge in [-0.2, -0.15) is 0 Å². The Balaban J connectivity index is 1.66. The molecular formula is C29H24N2O3S. The zero-order valence-electron chi connectivity index (χ0n) is 19.6. The Morgan fingerprint density at radius 2 is 1.66 bits per heavy atom. The van der Waals surface area contributed by atoms with Crippen LogP contribution in [0, 0.1) is 20.8 Å². The highest BCUT2D eigenvalue weighted by molar-refractivity contribution is 7.17. The molecule has 0 aliphatic carbocycles. The second-order valence-electron chi connectivity index (χ2n) is 8.66. The number of hydrogen-bond donors (Lipinski definition) is 1. The normalized spacial score (nSPS) is 15.7. The Morgan fingerprint density at radius 1 is 0.943 bits per heavy atom. The summed E-state index contributed by atoms with van der Waals surface area (Å²) in [6, 6.07) is 24.1. The Morgan fingerprint density at radius 3 is 2.37 bits per heavy atom. The SMILES string of the molecule is Cc1cccc(N2C(=O)C(O)=C(C(=O)c3sc(-c4ccccc4)nc3C)C2c2ccccc2C)c1. The number of nitrogens with zero attached hydrogens (tertiary/aromatic N) is 2. The molecule has 1 N–H and O–H groups in total. The summed E-state index contributed by atoms with van der Waals surface area (Å²) in [5.74, 6) is -1.48. The summed E-state index contributed by atoms with van der Waals surface area (Å²) in [5, 5.41) is 11.8. The fourth-order valence-electron chi connectivity index (χ4n) is 4.50. The summed E-state index contributed by atoms with van der Waals surface area (Å²) < 4.78 is 0. The van der Waals surface area contributed by atoms with Crippen molar-refractivity contribution in [3.63, 3.8) is 0 Å². The molecular weight excluding hydrogens is 456 g/mol. The monoisotopic (exact) mass is 480 g/mol. The molecule has 5 nitrogen and oxygen atoms in total. The highest BCUT2D eigenvalue weighted by Crippen LogP contribution is 2.44. The van der Waals surface area contributed by atoms with Crippen LogP contribution in [0.25, 0.3) is 10.6 Å². The average Bonchev–Trinajstić information content (AvgIpc) is 3.37. The van der Waals surface area contributed by atoms with E-state index in [-0.39, 0.29) is 11.4 Å². The number of benzene rings is 3. The lowest BCUT2D eigenvalue weighted by atomic mass is 9.92. The fourth-order valence-corrected chi connectivity index (χ4v) is 5.53. The zero-order chi connectivity index (χ0) is 24.7. The van der Waals surface area contributed by atoms with Crippen LogP contribution in [0.2, 0.25) is 0 Å². The molecule has 4 aromatic rings. The van der Waals surface area contributed by atoms with Crippen molar-refractivity contribution in [2.24, 2.45) is 0 Å². The Kier molecular flexibility index (Phi) is 5.83. The summed E-state index contributed by atoms with van der Waals surface area (Å²) in [6.45, 7) is 5.67. The third-order valence-corrected chi connectivity index (χ3v) is 7.44. The first kappa shape index (κ1) is 22.7. The molecule has 5 rings (SSSR count). The molecule has 0 saturated carbocycles. The minimum Gasteiger partial charge on any atom is -0.503 e. The number of aromatic nitrogens is 1. The van der Waals surface area contributed by atoms with E-state index in [1.165, 1.54) is 16.2 Å². The number of hydrogen-bond acceptors (Lipinski definition) is 5. The van der Waals surface area contributed by atoms with Gasteiger partial charge in [-0.05, 0) is 49.6 Å². The van der Waals surface area contributed by atoms with E-state index in [0.29, 0.717) is 16.3 Å². The van der Waals surface area contributed by atoms with Crippen LogP contribution in [0.3, 0.4) is 0 Å². The van der Waals surface area contributed by atoms with Gasteiger partial charge in [-0.25, -0.2) is 4.98 Å². The number of aryl methyl sites for hydroxylation is 3. The highest BCUT2D eigenvalue weighted by atomic mass is 32.1. The maximum absolute atomic E-state index is 14.0. The first-order valence-corrected chi connectivity index (χ1v) is 12.1. The average molecular weight is 481 g/mol. The summed E-state index contributed by atoms with van der Waals surface area (Å²) in [6.07, 6.45) is 0. The van der Waals surface area contributed by atoms with Crippen molar-refractivity contribution >= 4 is 28.7 Å². The van der Waals surface area contributed by atoms with Gasteiger partial charge < -0.3 is 5.11 Å². The molecule has 0 bridgehead atoms. The quantitative estimate of drug-likeness (QED) is 0.330. The van der Waals surface area contributed by atoms with E-state index < -0.39 is 17.7 Å². The number of Topliss-reactive ketones (excluding diaryl/α,β-unsaturated/α-hetero) is 1. The smallest absolute Gasteiger partial charge is 0.294 e. The van der Waals surface area contributed by atoms with E-state index in [4.69, 9.17) is 0 Å². The summed E-state index contributed by atoms with van der Waals surface area (Å²) >= 11 is 1.28. The van der Waals surface area contributed by atoms with Gasteiger partial charge in [0.2, 0.25) is 5.78 Å². The number of aliphatic hydroxyl groups excluding tert-OH is 1. The third-order valence-electron chi connectivity index (χ3n) is 6.24. The molecule has 1 unspecified atom stereocenters. The molecule has 1 aliphatic rings. The molecule has 1 amide bonds. The molecule has 0 saturated heterocycles. The maximum Gasteiger partial charge on any atom is 0.294 e. The van der Waals surface area contributed by atoms with Crippen LogP contribution in [-0.2, 0) is 4.79 Å². The number of thiazole rings is 1. The summed E-state index contributed by atoms with van der Waals surface area (Å²) in [4.78, 5) is 34.0. The van der Waals surface area contributed by atoms with Crippen LogP contribution >= 0.6 is 11.3 Å². The number of carbonyl (C=O) groups is 2. The second kappa shape index (κ2) is 8.96. The number of aliphatic hydroxyl groups is 1. The van der Waals surface area contributed by atoms with Gasteiger partial charge in [0, 0.05) is 11.3 Å². The van der Waals surface area contributed by atoms with Crippen LogP contribution in [0.15, 0.2) is 90.2 Å². The van der Waals surface area contributed by atoms with Gasteiger partial charge in [0.15, 0.2) is 5.76 Å². The zero-order valence-corrected chi connectivity index (χ0v) is 20.5. The number of ketones is 1. The van der Waals surface area contributed by atoms with Gasteiger partial charge in [0.1, 0.15) is 5.01 Å². The molecule has 3 aromatic carbocycles. The van der Waals surface area contributed by atoms with Gasteiger partial charge in [-0.1, -0.05) is 66.7 Å². The molecule has 1 aromatic heterocycles. The second-order valence-corrected chi connectivity index (χ2v) is 9.66. The van der Waals surface area contributed by atoms with Crippen molar-refractivity contribution in [3.05, 3.63) is 117 Å². The summed E-state index contributed by atoms with van der Waals surface area (Å²) in [7, 11) is 0. The minimum absolute atomic E-state index is 0.0807. The number of anilines is 1. The minimum atomic E-state index is -0.750. The predicted octanol–water partition coefficient (Wildman–Crippen LogP) is 6.52. The van der Waals surface area contributed by atoms with Crippen LogP contribution < -0.4 is 4.90 Å². The van der Waals surface area contributed by atoms with Gasteiger partial charge in [-0.15, -0.1) is 11.3 Å². The lowest BCUT2D eigenvalue weighted by Crippen LogP contribution is -2.31. The van der Waals surface area contributed by atoms with Crippen molar-refractivity contribution in [3.8, 4) is 10.6 Å². The lowest BCUT2D eigenvalue weighted by molar-refractivity contribution is -0.117. The number of amides is 1.